The minimum atomic E-state index is -4.68. The van der Waals surface area contributed by atoms with E-state index in [0.717, 1.165) is 24.0 Å². The van der Waals surface area contributed by atoms with Crippen LogP contribution in [-0.4, -0.2) is 31.4 Å². The van der Waals surface area contributed by atoms with E-state index in [0.29, 0.717) is 5.69 Å². The van der Waals surface area contributed by atoms with Gasteiger partial charge >= 0.3 is 12.1 Å². The molecule has 0 aliphatic rings. The van der Waals surface area contributed by atoms with Crippen molar-refractivity contribution in [1.82, 2.24) is 0 Å². The zero-order chi connectivity index (χ0) is 20.9. The largest absolute Gasteiger partial charge is 0.465 e. The molecule has 0 aromatic heterocycles. The van der Waals surface area contributed by atoms with E-state index >= 15 is 0 Å². The number of para-hydroxylation sites is 1. The van der Waals surface area contributed by atoms with Crippen LogP contribution in [0.15, 0.2) is 48.5 Å². The summed E-state index contributed by atoms with van der Waals surface area (Å²) in [6, 6.07) is 10.2. The van der Waals surface area contributed by atoms with Gasteiger partial charge in [0.25, 0.3) is 0 Å². The molecular formula is C19H17F3N2O4. The van der Waals surface area contributed by atoms with E-state index in [9.17, 15) is 27.6 Å². The van der Waals surface area contributed by atoms with E-state index in [2.05, 4.69) is 10.1 Å². The first kappa shape index (κ1) is 20.9. The maximum absolute atomic E-state index is 13.2. The number of carbonyl (C=O) groups excluding carboxylic acids is 3. The van der Waals surface area contributed by atoms with Gasteiger partial charge in [0.05, 0.1) is 23.9 Å². The molecule has 0 atom stereocenters. The highest BCUT2D eigenvalue weighted by atomic mass is 19.4. The van der Waals surface area contributed by atoms with Crippen molar-refractivity contribution in [2.45, 2.75) is 13.1 Å². The van der Waals surface area contributed by atoms with Crippen molar-refractivity contribution in [1.29, 1.82) is 0 Å². The van der Waals surface area contributed by atoms with Crippen molar-refractivity contribution < 1.29 is 32.3 Å². The summed E-state index contributed by atoms with van der Waals surface area (Å²) in [5, 5.41) is 2.47. The summed E-state index contributed by atoms with van der Waals surface area (Å²) in [7, 11) is 1.23. The van der Waals surface area contributed by atoms with Gasteiger partial charge in [-0.1, -0.05) is 12.1 Å². The van der Waals surface area contributed by atoms with E-state index in [1.807, 2.05) is 0 Å². The lowest BCUT2D eigenvalue weighted by atomic mass is 10.1. The van der Waals surface area contributed by atoms with Crippen molar-refractivity contribution in [3.05, 3.63) is 59.7 Å². The molecule has 2 aromatic carbocycles. The van der Waals surface area contributed by atoms with Gasteiger partial charge in [0.15, 0.2) is 0 Å². The van der Waals surface area contributed by atoms with Gasteiger partial charge in [0.1, 0.15) is 6.54 Å². The van der Waals surface area contributed by atoms with Crippen LogP contribution in [-0.2, 0) is 20.5 Å². The maximum atomic E-state index is 13.2. The minimum Gasteiger partial charge on any atom is -0.465 e. The van der Waals surface area contributed by atoms with Crippen LogP contribution in [0.4, 0.5) is 24.5 Å². The summed E-state index contributed by atoms with van der Waals surface area (Å²) in [6.45, 7) is 0.465. The fourth-order valence-electron chi connectivity index (χ4n) is 2.47. The van der Waals surface area contributed by atoms with Crippen LogP contribution in [0.2, 0.25) is 0 Å². The number of hydrogen-bond acceptors (Lipinski definition) is 4. The van der Waals surface area contributed by atoms with Crippen molar-refractivity contribution in [2.75, 3.05) is 23.9 Å². The molecule has 0 fully saturated rings. The zero-order valence-electron chi connectivity index (χ0n) is 15.0. The van der Waals surface area contributed by atoms with Crippen LogP contribution in [0.1, 0.15) is 22.8 Å². The van der Waals surface area contributed by atoms with Crippen molar-refractivity contribution in [3.8, 4) is 0 Å². The number of amides is 2. The first-order valence-electron chi connectivity index (χ1n) is 8.06. The molecule has 6 nitrogen and oxygen atoms in total. The molecule has 0 bridgehead atoms. The molecule has 28 heavy (non-hydrogen) atoms. The molecule has 0 saturated carbocycles. The molecule has 0 unspecified atom stereocenters. The molecule has 1 N–H and O–H groups in total. The summed E-state index contributed by atoms with van der Waals surface area (Å²) in [6.07, 6.45) is -4.68. The summed E-state index contributed by atoms with van der Waals surface area (Å²) >= 11 is 0. The van der Waals surface area contributed by atoms with Gasteiger partial charge in [-0.05, 0) is 36.4 Å². The van der Waals surface area contributed by atoms with Crippen molar-refractivity contribution in [3.63, 3.8) is 0 Å². The molecule has 0 spiro atoms. The summed E-state index contributed by atoms with van der Waals surface area (Å²) in [5.74, 6) is -1.96. The Morgan fingerprint density at radius 1 is 1.04 bits per heavy atom. The number of carbonyl (C=O) groups is 3. The maximum Gasteiger partial charge on any atom is 0.418 e. The molecule has 9 heteroatoms. The Labute approximate surface area is 158 Å². The number of nitrogens with zero attached hydrogens (tertiary/aromatic N) is 1. The number of anilines is 2. The molecule has 0 aliphatic heterocycles. The number of ether oxygens (including phenoxy) is 1. The van der Waals surface area contributed by atoms with Crippen LogP contribution in [0, 0.1) is 0 Å². The summed E-state index contributed by atoms with van der Waals surface area (Å²) in [5.41, 5.74) is -0.839. The Balaban J connectivity index is 2.19. The molecule has 0 radical (unpaired) electrons. The molecular weight excluding hydrogens is 377 g/mol. The van der Waals surface area contributed by atoms with Crippen LogP contribution >= 0.6 is 0 Å². The smallest absolute Gasteiger partial charge is 0.418 e. The number of alkyl halides is 3. The average Bonchev–Trinajstić information content (AvgIpc) is 2.65. The van der Waals surface area contributed by atoms with Crippen molar-refractivity contribution >= 4 is 29.2 Å². The van der Waals surface area contributed by atoms with E-state index in [1.54, 1.807) is 0 Å². The first-order valence-corrected chi connectivity index (χ1v) is 8.06. The first-order chi connectivity index (χ1) is 13.1. The number of esters is 1. The highest BCUT2D eigenvalue weighted by Crippen LogP contribution is 2.36. The second kappa shape index (κ2) is 8.55. The van der Waals surface area contributed by atoms with E-state index < -0.39 is 41.8 Å². The van der Waals surface area contributed by atoms with Crippen LogP contribution in [0.25, 0.3) is 0 Å². The number of halogens is 3. The highest BCUT2D eigenvalue weighted by molar-refractivity contribution is 6.02. The van der Waals surface area contributed by atoms with E-state index in [4.69, 9.17) is 0 Å². The molecule has 2 rings (SSSR count). The van der Waals surface area contributed by atoms with Gasteiger partial charge in [-0.15, -0.1) is 0 Å². The minimum absolute atomic E-state index is 0.268. The molecule has 2 aromatic rings. The zero-order valence-corrected chi connectivity index (χ0v) is 15.0. The molecule has 148 valence electrons. The Hall–Kier alpha value is -3.36. The Kier molecular flexibility index (Phi) is 6.40. The second-order valence-corrected chi connectivity index (χ2v) is 5.74. The van der Waals surface area contributed by atoms with E-state index in [-0.39, 0.29) is 5.56 Å². The van der Waals surface area contributed by atoms with Crippen LogP contribution in [0.3, 0.4) is 0 Å². The van der Waals surface area contributed by atoms with Crippen LogP contribution in [0.5, 0.6) is 0 Å². The molecule has 2 amide bonds. The molecule has 0 heterocycles. The van der Waals surface area contributed by atoms with Gasteiger partial charge in [-0.3, -0.25) is 9.59 Å². The average molecular weight is 394 g/mol. The lowest BCUT2D eigenvalue weighted by Crippen LogP contribution is -2.37. The van der Waals surface area contributed by atoms with Gasteiger partial charge in [-0.25, -0.2) is 4.79 Å². The quantitative estimate of drug-likeness (QED) is 0.788. The topological polar surface area (TPSA) is 75.7 Å². The van der Waals surface area contributed by atoms with Gasteiger partial charge in [0.2, 0.25) is 11.8 Å². The van der Waals surface area contributed by atoms with Gasteiger partial charge in [-0.2, -0.15) is 13.2 Å². The normalized spacial score (nSPS) is 10.9. The lowest BCUT2D eigenvalue weighted by Gasteiger charge is -2.24. The predicted octanol–water partition coefficient (Wildman–Crippen LogP) is 3.48. The third-order valence-electron chi connectivity index (χ3n) is 3.77. The highest BCUT2D eigenvalue weighted by Gasteiger charge is 2.35. The molecule has 0 saturated heterocycles. The number of methoxy groups -OCH3 is 1. The Morgan fingerprint density at radius 3 is 2.18 bits per heavy atom. The van der Waals surface area contributed by atoms with Gasteiger partial charge in [0, 0.05) is 12.6 Å². The SMILES string of the molecule is COC(=O)c1ccc(NC(=O)CN(C(C)=O)c2ccccc2C(F)(F)F)cc1. The number of benzene rings is 2. The Morgan fingerprint density at radius 2 is 1.64 bits per heavy atom. The fourth-order valence-corrected chi connectivity index (χ4v) is 2.47. The Bertz CT molecular complexity index is 879. The second-order valence-electron chi connectivity index (χ2n) is 5.74. The van der Waals surface area contributed by atoms with E-state index in [1.165, 1.54) is 43.5 Å². The van der Waals surface area contributed by atoms with Crippen molar-refractivity contribution in [2.24, 2.45) is 0 Å². The number of rotatable bonds is 5. The third-order valence-corrected chi connectivity index (χ3v) is 3.77. The van der Waals surface area contributed by atoms with Gasteiger partial charge < -0.3 is 15.0 Å². The summed E-state index contributed by atoms with van der Waals surface area (Å²) < 4.78 is 44.2. The lowest BCUT2D eigenvalue weighted by molar-refractivity contribution is -0.137. The monoisotopic (exact) mass is 394 g/mol. The fraction of sp³-hybridized carbons (Fsp3) is 0.211. The standard InChI is InChI=1S/C19H17F3N2O4/c1-12(25)24(16-6-4-3-5-15(16)19(20,21)22)11-17(26)23-14-9-7-13(8-10-14)18(27)28-2/h3-10H,11H2,1-2H3,(H,23,26). The number of hydrogen-bond donors (Lipinski definition) is 1. The summed E-state index contributed by atoms with van der Waals surface area (Å²) in [4.78, 5) is 36.3. The predicted molar refractivity (Wildman–Crippen MR) is 95.9 cm³/mol. The third kappa shape index (κ3) is 5.09. The number of nitrogens with one attached hydrogen (secondary N) is 1. The van der Waals surface area contributed by atoms with Crippen LogP contribution < -0.4 is 10.2 Å². The molecule has 0 aliphatic carbocycles.